The van der Waals surface area contributed by atoms with Crippen LogP contribution in [-0.2, 0) is 29.2 Å². The SMILES string of the molecule is COc1cc2c(cc1OC)CN(C(=O)/C=C/c1c(-c3ccccc3)n(COCC[Si](C)(C)C)c3ncccc13)CC2. The van der Waals surface area contributed by atoms with Gasteiger partial charge in [0.15, 0.2) is 11.5 Å². The maximum absolute atomic E-state index is 13.5. The second-order valence-electron chi connectivity index (χ2n) is 11.6. The fourth-order valence-electron chi connectivity index (χ4n) is 5.27. The van der Waals surface area contributed by atoms with E-state index in [0.29, 0.717) is 37.9 Å². The number of rotatable bonds is 10. The van der Waals surface area contributed by atoms with Gasteiger partial charge in [-0.2, -0.15) is 0 Å². The summed E-state index contributed by atoms with van der Waals surface area (Å²) in [6.07, 6.45) is 6.21. The molecule has 0 aliphatic carbocycles. The third-order valence-corrected chi connectivity index (χ3v) is 9.25. The molecule has 3 heterocycles. The molecule has 1 aliphatic heterocycles. The first kappa shape index (κ1) is 28.6. The predicted molar refractivity (Wildman–Crippen MR) is 167 cm³/mol. The van der Waals surface area contributed by atoms with Crippen LogP contribution < -0.4 is 9.47 Å². The molecule has 0 spiro atoms. The Hall–Kier alpha value is -3.88. The standard InChI is InChI=1S/C33H39N3O4Si/c1-38-29-20-25-15-17-35(22-26(25)21-30(29)39-2)31(37)14-13-27-28-12-9-16-34-33(28)36(23-40-18-19-41(3,4)5)32(27)24-10-7-6-8-11-24/h6-14,16,20-21H,15,17-19,22-23H2,1-5H3/b14-13+. The third-order valence-electron chi connectivity index (χ3n) is 7.54. The van der Waals surface area contributed by atoms with Gasteiger partial charge in [0, 0.05) is 51.0 Å². The molecule has 7 nitrogen and oxygen atoms in total. The molecule has 0 saturated carbocycles. The largest absolute Gasteiger partial charge is 0.493 e. The first-order valence-electron chi connectivity index (χ1n) is 14.1. The van der Waals surface area contributed by atoms with Crippen molar-refractivity contribution in [3.8, 4) is 22.8 Å². The number of fused-ring (bicyclic) bond motifs is 2. The molecule has 2 aromatic heterocycles. The Morgan fingerprint density at radius 1 is 1.00 bits per heavy atom. The number of pyridine rings is 1. The van der Waals surface area contributed by atoms with Crippen LogP contribution >= 0.6 is 0 Å². The van der Waals surface area contributed by atoms with Crippen LogP contribution in [-0.4, -0.2) is 55.8 Å². The molecule has 2 aromatic carbocycles. The van der Waals surface area contributed by atoms with Crippen molar-refractivity contribution in [3.63, 3.8) is 0 Å². The van der Waals surface area contributed by atoms with Crippen molar-refractivity contribution >= 4 is 31.1 Å². The molecule has 1 aliphatic rings. The Balaban J connectivity index is 1.46. The predicted octanol–water partition coefficient (Wildman–Crippen LogP) is 6.63. The van der Waals surface area contributed by atoms with Crippen molar-refractivity contribution in [2.45, 2.75) is 45.4 Å². The van der Waals surface area contributed by atoms with Gasteiger partial charge in [-0.25, -0.2) is 4.98 Å². The van der Waals surface area contributed by atoms with Crippen LogP contribution in [0.3, 0.4) is 0 Å². The molecule has 8 heteroatoms. The average molecular weight is 570 g/mol. The van der Waals surface area contributed by atoms with Crippen molar-refractivity contribution in [2.24, 2.45) is 0 Å². The highest BCUT2D eigenvalue weighted by atomic mass is 28.3. The Labute approximate surface area is 243 Å². The minimum absolute atomic E-state index is 0.0272. The smallest absolute Gasteiger partial charge is 0.246 e. The monoisotopic (exact) mass is 569 g/mol. The number of hydrogen-bond acceptors (Lipinski definition) is 5. The van der Waals surface area contributed by atoms with Crippen LogP contribution in [0.1, 0.15) is 16.7 Å². The molecule has 0 bridgehead atoms. The summed E-state index contributed by atoms with van der Waals surface area (Å²) in [6, 6.07) is 19.4. The second-order valence-corrected chi connectivity index (χ2v) is 17.2. The van der Waals surface area contributed by atoms with Crippen molar-refractivity contribution in [1.29, 1.82) is 0 Å². The van der Waals surface area contributed by atoms with Crippen LogP contribution in [0.2, 0.25) is 25.7 Å². The van der Waals surface area contributed by atoms with E-state index < -0.39 is 8.07 Å². The van der Waals surface area contributed by atoms with Gasteiger partial charge in [-0.1, -0.05) is 50.0 Å². The van der Waals surface area contributed by atoms with E-state index in [1.54, 1.807) is 20.3 Å². The summed E-state index contributed by atoms with van der Waals surface area (Å²) in [5, 5.41) is 0.991. The van der Waals surface area contributed by atoms with Gasteiger partial charge >= 0.3 is 0 Å². The van der Waals surface area contributed by atoms with E-state index in [0.717, 1.165) is 45.9 Å². The van der Waals surface area contributed by atoms with E-state index in [2.05, 4.69) is 42.4 Å². The molecule has 0 radical (unpaired) electrons. The minimum atomic E-state index is -1.21. The second kappa shape index (κ2) is 12.3. The number of amides is 1. The fourth-order valence-corrected chi connectivity index (χ4v) is 6.03. The molecule has 1 amide bonds. The Morgan fingerprint density at radius 2 is 1.73 bits per heavy atom. The van der Waals surface area contributed by atoms with Gasteiger partial charge in [0.25, 0.3) is 0 Å². The van der Waals surface area contributed by atoms with E-state index in [9.17, 15) is 4.79 Å². The molecule has 0 saturated heterocycles. The van der Waals surface area contributed by atoms with E-state index in [4.69, 9.17) is 19.2 Å². The number of hydrogen-bond donors (Lipinski definition) is 0. The Bertz CT molecular complexity index is 1560. The lowest BCUT2D eigenvalue weighted by Gasteiger charge is -2.28. The van der Waals surface area contributed by atoms with Gasteiger partial charge in [-0.15, -0.1) is 0 Å². The summed E-state index contributed by atoms with van der Waals surface area (Å²) in [6.45, 7) is 9.35. The van der Waals surface area contributed by atoms with Gasteiger partial charge in [0.2, 0.25) is 5.91 Å². The minimum Gasteiger partial charge on any atom is -0.493 e. The summed E-state index contributed by atoms with van der Waals surface area (Å²) in [7, 11) is 2.06. The van der Waals surface area contributed by atoms with Crippen LogP contribution in [0.4, 0.5) is 0 Å². The maximum Gasteiger partial charge on any atom is 0.246 e. The van der Waals surface area contributed by atoms with E-state index in [1.807, 2.05) is 53.6 Å². The molecule has 5 rings (SSSR count). The van der Waals surface area contributed by atoms with Gasteiger partial charge in [0.1, 0.15) is 12.4 Å². The lowest BCUT2D eigenvalue weighted by Crippen LogP contribution is -2.34. The average Bonchev–Trinajstić information content (AvgIpc) is 3.30. The van der Waals surface area contributed by atoms with Gasteiger partial charge in [-0.05, 0) is 59.5 Å². The molecular formula is C33H39N3O4Si. The quantitative estimate of drug-likeness (QED) is 0.122. The van der Waals surface area contributed by atoms with Crippen LogP contribution in [0.15, 0.2) is 66.9 Å². The van der Waals surface area contributed by atoms with Crippen molar-refractivity contribution in [1.82, 2.24) is 14.5 Å². The Kier molecular flexibility index (Phi) is 8.61. The van der Waals surface area contributed by atoms with Crippen molar-refractivity contribution in [3.05, 3.63) is 83.6 Å². The van der Waals surface area contributed by atoms with E-state index >= 15 is 0 Å². The van der Waals surface area contributed by atoms with Crippen molar-refractivity contribution in [2.75, 3.05) is 27.4 Å². The highest BCUT2D eigenvalue weighted by Crippen LogP contribution is 2.35. The van der Waals surface area contributed by atoms with Gasteiger partial charge in [0.05, 0.1) is 19.9 Å². The molecule has 0 unspecified atom stereocenters. The first-order valence-corrected chi connectivity index (χ1v) is 17.8. The molecule has 0 atom stereocenters. The van der Waals surface area contributed by atoms with Crippen LogP contribution in [0.5, 0.6) is 11.5 Å². The lowest BCUT2D eigenvalue weighted by molar-refractivity contribution is -0.126. The number of ether oxygens (including phenoxy) is 3. The van der Waals surface area contributed by atoms with Crippen LogP contribution in [0, 0.1) is 0 Å². The lowest BCUT2D eigenvalue weighted by atomic mass is 9.98. The van der Waals surface area contributed by atoms with Gasteiger partial charge < -0.3 is 23.7 Å². The highest BCUT2D eigenvalue weighted by molar-refractivity contribution is 6.76. The van der Waals surface area contributed by atoms with Gasteiger partial charge in [-0.3, -0.25) is 4.79 Å². The summed E-state index contributed by atoms with van der Waals surface area (Å²) < 4.78 is 19.3. The van der Waals surface area contributed by atoms with E-state index in [1.165, 1.54) is 5.56 Å². The zero-order chi connectivity index (χ0) is 29.0. The number of aromatic nitrogens is 2. The highest BCUT2D eigenvalue weighted by Gasteiger charge is 2.23. The topological polar surface area (TPSA) is 65.8 Å². The number of nitrogens with zero attached hydrogens (tertiary/aromatic N) is 3. The number of carbonyl (C=O) groups is 1. The number of methoxy groups -OCH3 is 2. The summed E-state index contributed by atoms with van der Waals surface area (Å²) in [5.41, 5.74) is 6.13. The zero-order valence-electron chi connectivity index (χ0n) is 24.6. The fraction of sp³-hybridized carbons (Fsp3) is 0.333. The molecule has 4 aromatic rings. The first-order chi connectivity index (χ1) is 19.8. The number of carbonyl (C=O) groups excluding carboxylic acids is 1. The number of benzene rings is 2. The van der Waals surface area contributed by atoms with E-state index in [-0.39, 0.29) is 5.91 Å². The summed E-state index contributed by atoms with van der Waals surface area (Å²) >= 11 is 0. The van der Waals surface area contributed by atoms with Crippen molar-refractivity contribution < 1.29 is 19.0 Å². The van der Waals surface area contributed by atoms with Crippen LogP contribution in [0.25, 0.3) is 28.4 Å². The third kappa shape index (κ3) is 6.39. The molecule has 214 valence electrons. The normalized spacial score (nSPS) is 13.5. The maximum atomic E-state index is 13.5. The summed E-state index contributed by atoms with van der Waals surface area (Å²) in [5.74, 6) is 1.37. The summed E-state index contributed by atoms with van der Waals surface area (Å²) in [4.78, 5) is 20.1. The molecule has 0 fully saturated rings. The molecule has 0 N–H and O–H groups in total. The Morgan fingerprint density at radius 3 is 2.44 bits per heavy atom. The zero-order valence-corrected chi connectivity index (χ0v) is 25.6. The molecular weight excluding hydrogens is 530 g/mol. The molecule has 41 heavy (non-hydrogen) atoms.